The fraction of sp³-hybridized carbons (Fsp3) is 0.217. The van der Waals surface area contributed by atoms with E-state index < -0.39 is 11.9 Å². The van der Waals surface area contributed by atoms with Gasteiger partial charge in [0.25, 0.3) is 0 Å². The third-order valence-electron chi connectivity index (χ3n) is 4.33. The fourth-order valence-corrected chi connectivity index (χ4v) is 2.83. The molecule has 0 atom stereocenters. The summed E-state index contributed by atoms with van der Waals surface area (Å²) in [5.74, 6) is -2.16. The molecule has 6 heteroatoms. The van der Waals surface area contributed by atoms with Crippen LogP contribution in [0.5, 0.6) is 11.5 Å². The first-order valence-electron chi connectivity index (χ1n) is 9.07. The highest BCUT2D eigenvalue weighted by molar-refractivity contribution is 6.36. The van der Waals surface area contributed by atoms with Crippen molar-refractivity contribution < 1.29 is 24.5 Å². The van der Waals surface area contributed by atoms with Crippen LogP contribution in [0.1, 0.15) is 36.1 Å². The van der Waals surface area contributed by atoms with E-state index in [-0.39, 0.29) is 11.4 Å². The van der Waals surface area contributed by atoms with Gasteiger partial charge in [0.2, 0.25) is 0 Å². The molecule has 0 heterocycles. The SMILES string of the molecule is COc1cc(/C=C/c2cc(O)cc(C)c2CC=C(C)C)ccc1NC(=O)C(=O)O. The lowest BCUT2D eigenvalue weighted by Gasteiger charge is -2.11. The minimum absolute atomic E-state index is 0.201. The lowest BCUT2D eigenvalue weighted by molar-refractivity contribution is -0.147. The first-order valence-corrected chi connectivity index (χ1v) is 9.07. The van der Waals surface area contributed by atoms with E-state index in [4.69, 9.17) is 9.84 Å². The van der Waals surface area contributed by atoms with E-state index in [2.05, 4.69) is 11.4 Å². The number of carbonyl (C=O) groups excluding carboxylic acids is 1. The molecule has 2 rings (SSSR count). The first-order chi connectivity index (χ1) is 13.7. The molecule has 0 spiro atoms. The van der Waals surface area contributed by atoms with E-state index in [1.54, 1.807) is 30.3 Å². The predicted molar refractivity (Wildman–Crippen MR) is 114 cm³/mol. The number of carbonyl (C=O) groups is 2. The minimum atomic E-state index is -1.57. The molecule has 152 valence electrons. The van der Waals surface area contributed by atoms with Gasteiger partial charge in [-0.25, -0.2) is 4.79 Å². The Morgan fingerprint density at radius 1 is 1.14 bits per heavy atom. The lowest BCUT2D eigenvalue weighted by Crippen LogP contribution is -2.22. The van der Waals surface area contributed by atoms with Crippen molar-refractivity contribution in [3.05, 3.63) is 64.2 Å². The number of methoxy groups -OCH3 is 1. The Kier molecular flexibility index (Phi) is 7.20. The standard InChI is InChI=1S/C23H25NO5/c1-14(2)5-9-19-15(3)11-18(25)13-17(19)8-6-16-7-10-20(21(12-16)29-4)24-22(26)23(27)28/h5-8,10-13,25H,9H2,1-4H3,(H,24,26)(H,27,28)/b8-6+. The Bertz CT molecular complexity index is 985. The van der Waals surface area contributed by atoms with Gasteiger partial charge in [-0.15, -0.1) is 0 Å². The van der Waals surface area contributed by atoms with Gasteiger partial charge in [0.05, 0.1) is 12.8 Å². The van der Waals surface area contributed by atoms with Gasteiger partial charge in [-0.05, 0) is 73.7 Å². The van der Waals surface area contributed by atoms with E-state index in [1.807, 2.05) is 32.9 Å². The van der Waals surface area contributed by atoms with Crippen molar-refractivity contribution in [2.75, 3.05) is 12.4 Å². The van der Waals surface area contributed by atoms with Gasteiger partial charge in [-0.3, -0.25) is 4.79 Å². The molecule has 0 aliphatic carbocycles. The normalized spacial score (nSPS) is 10.6. The Hall–Kier alpha value is -3.54. The molecule has 0 saturated heterocycles. The number of ether oxygens (including phenoxy) is 1. The maximum Gasteiger partial charge on any atom is 0.394 e. The second kappa shape index (κ2) is 9.59. The summed E-state index contributed by atoms with van der Waals surface area (Å²) in [5.41, 5.74) is 5.32. The Morgan fingerprint density at radius 3 is 2.48 bits per heavy atom. The molecule has 0 aliphatic heterocycles. The fourth-order valence-electron chi connectivity index (χ4n) is 2.83. The second-order valence-corrected chi connectivity index (χ2v) is 6.87. The van der Waals surface area contributed by atoms with Crippen molar-refractivity contribution in [3.8, 4) is 11.5 Å². The van der Waals surface area contributed by atoms with Crippen molar-refractivity contribution in [3.63, 3.8) is 0 Å². The molecule has 0 saturated carbocycles. The zero-order chi connectivity index (χ0) is 21.6. The van der Waals surface area contributed by atoms with Crippen LogP contribution in [0, 0.1) is 6.92 Å². The van der Waals surface area contributed by atoms with Gasteiger partial charge < -0.3 is 20.3 Å². The molecule has 0 radical (unpaired) electrons. The minimum Gasteiger partial charge on any atom is -0.508 e. The van der Waals surface area contributed by atoms with Gasteiger partial charge in [0.15, 0.2) is 0 Å². The number of nitrogens with one attached hydrogen (secondary N) is 1. The van der Waals surface area contributed by atoms with Crippen LogP contribution in [0.2, 0.25) is 0 Å². The Labute approximate surface area is 170 Å². The van der Waals surface area contributed by atoms with Gasteiger partial charge >= 0.3 is 11.9 Å². The predicted octanol–water partition coefficient (Wildman–Crippen LogP) is 4.41. The molecule has 0 fully saturated rings. The summed E-state index contributed by atoms with van der Waals surface area (Å²) in [4.78, 5) is 22.1. The highest BCUT2D eigenvalue weighted by Gasteiger charge is 2.14. The number of carboxylic acid groups (broad SMARTS) is 1. The molecule has 6 nitrogen and oxygen atoms in total. The third-order valence-corrected chi connectivity index (χ3v) is 4.33. The van der Waals surface area contributed by atoms with Crippen LogP contribution >= 0.6 is 0 Å². The summed E-state index contributed by atoms with van der Waals surface area (Å²) in [7, 11) is 1.44. The number of hydrogen-bond acceptors (Lipinski definition) is 4. The van der Waals surface area contributed by atoms with Crippen LogP contribution in [0.3, 0.4) is 0 Å². The summed E-state index contributed by atoms with van der Waals surface area (Å²) >= 11 is 0. The number of anilines is 1. The summed E-state index contributed by atoms with van der Waals surface area (Å²) in [6.45, 7) is 6.05. The molecular formula is C23H25NO5. The highest BCUT2D eigenvalue weighted by Crippen LogP contribution is 2.28. The number of benzene rings is 2. The van der Waals surface area contributed by atoms with E-state index in [1.165, 1.54) is 12.7 Å². The topological polar surface area (TPSA) is 95.9 Å². The zero-order valence-electron chi connectivity index (χ0n) is 16.9. The molecule has 29 heavy (non-hydrogen) atoms. The number of aliphatic carboxylic acids is 1. The van der Waals surface area contributed by atoms with Crippen LogP contribution in [-0.4, -0.2) is 29.2 Å². The molecule has 0 aromatic heterocycles. The summed E-state index contributed by atoms with van der Waals surface area (Å²) < 4.78 is 5.26. The zero-order valence-corrected chi connectivity index (χ0v) is 16.9. The number of phenols is 1. The van der Waals surface area contributed by atoms with Crippen LogP contribution in [0.15, 0.2) is 42.0 Å². The average molecular weight is 395 g/mol. The van der Waals surface area contributed by atoms with Gasteiger partial charge in [0, 0.05) is 0 Å². The molecule has 0 unspecified atom stereocenters. The number of phenolic OH excluding ortho intramolecular Hbond substituents is 1. The molecule has 3 N–H and O–H groups in total. The third kappa shape index (κ3) is 5.97. The molecule has 0 aliphatic rings. The summed E-state index contributed by atoms with van der Waals surface area (Å²) in [5, 5.41) is 21.0. The van der Waals surface area contributed by atoms with Crippen molar-refractivity contribution in [2.45, 2.75) is 27.2 Å². The quantitative estimate of drug-likeness (QED) is 0.382. The largest absolute Gasteiger partial charge is 0.508 e. The number of aryl methyl sites for hydroxylation is 1. The smallest absolute Gasteiger partial charge is 0.394 e. The maximum atomic E-state index is 11.4. The van der Waals surface area contributed by atoms with Crippen LogP contribution in [0.4, 0.5) is 5.69 Å². The maximum absolute atomic E-state index is 11.4. The number of carboxylic acids is 1. The number of rotatable bonds is 6. The molecular weight excluding hydrogens is 370 g/mol. The van der Waals surface area contributed by atoms with Crippen LogP contribution in [0.25, 0.3) is 12.2 Å². The molecule has 2 aromatic rings. The van der Waals surface area contributed by atoms with Crippen molar-refractivity contribution in [1.29, 1.82) is 0 Å². The van der Waals surface area contributed by atoms with Crippen molar-refractivity contribution in [1.82, 2.24) is 0 Å². The van der Waals surface area contributed by atoms with Crippen LogP contribution < -0.4 is 10.1 Å². The van der Waals surface area contributed by atoms with Crippen molar-refractivity contribution in [2.24, 2.45) is 0 Å². The number of allylic oxidation sites excluding steroid dienone is 2. The van der Waals surface area contributed by atoms with Crippen molar-refractivity contribution >= 4 is 29.7 Å². The highest BCUT2D eigenvalue weighted by atomic mass is 16.5. The van der Waals surface area contributed by atoms with Gasteiger partial charge in [-0.1, -0.05) is 29.9 Å². The van der Waals surface area contributed by atoms with Crippen LogP contribution in [-0.2, 0) is 16.0 Å². The number of aromatic hydroxyl groups is 1. The average Bonchev–Trinajstić information content (AvgIpc) is 2.65. The number of hydrogen-bond donors (Lipinski definition) is 3. The van der Waals surface area contributed by atoms with E-state index in [0.29, 0.717) is 5.75 Å². The van der Waals surface area contributed by atoms with Gasteiger partial charge in [-0.2, -0.15) is 0 Å². The summed E-state index contributed by atoms with van der Waals surface area (Å²) in [6.07, 6.45) is 6.67. The molecule has 2 aromatic carbocycles. The van der Waals surface area contributed by atoms with Gasteiger partial charge in [0.1, 0.15) is 11.5 Å². The molecule has 1 amide bonds. The second-order valence-electron chi connectivity index (χ2n) is 6.87. The molecule has 0 bridgehead atoms. The summed E-state index contributed by atoms with van der Waals surface area (Å²) in [6, 6.07) is 8.48. The Morgan fingerprint density at radius 2 is 1.86 bits per heavy atom. The van der Waals surface area contributed by atoms with E-state index in [0.717, 1.165) is 28.7 Å². The Balaban J connectivity index is 2.35. The monoisotopic (exact) mass is 395 g/mol. The lowest BCUT2D eigenvalue weighted by atomic mass is 9.96. The van der Waals surface area contributed by atoms with E-state index >= 15 is 0 Å². The first kappa shape index (κ1) is 21.8. The number of amides is 1. The van der Waals surface area contributed by atoms with E-state index in [9.17, 15) is 14.7 Å².